The van der Waals surface area contributed by atoms with E-state index in [1.807, 2.05) is 0 Å². The minimum absolute atomic E-state index is 0.0550. The van der Waals surface area contributed by atoms with Crippen molar-refractivity contribution >= 4 is 15.0 Å². The van der Waals surface area contributed by atoms with Crippen LogP contribution >= 0.6 is 9.03 Å². The molecule has 1 aliphatic rings. The minimum atomic E-state index is -0.611. The van der Waals surface area contributed by atoms with E-state index in [4.69, 9.17) is 9.63 Å². The van der Waals surface area contributed by atoms with Gasteiger partial charge in [-0.1, -0.05) is 19.3 Å². The van der Waals surface area contributed by atoms with Gasteiger partial charge in [-0.3, -0.25) is 9.32 Å². The van der Waals surface area contributed by atoms with E-state index >= 15 is 0 Å². The lowest BCUT2D eigenvalue weighted by molar-refractivity contribution is -0.156. The number of hydrogen-bond acceptors (Lipinski definition) is 4. The molecule has 1 fully saturated rings. The Morgan fingerprint density at radius 1 is 1.38 bits per heavy atom. The van der Waals surface area contributed by atoms with Gasteiger partial charge >= 0.3 is 5.97 Å². The van der Waals surface area contributed by atoms with Gasteiger partial charge in [0.05, 0.1) is 5.92 Å². The second kappa shape index (κ2) is 6.30. The molecule has 4 nitrogen and oxygen atoms in total. The lowest BCUT2D eigenvalue weighted by Gasteiger charge is -2.19. The first-order valence-electron chi connectivity index (χ1n) is 4.52. The van der Waals surface area contributed by atoms with E-state index in [2.05, 4.69) is 4.52 Å². The number of carbonyl (C=O) groups excluding carboxylic acids is 1. The highest BCUT2D eigenvalue weighted by molar-refractivity contribution is 7.24. The first-order chi connectivity index (χ1) is 6.34. The molecule has 0 bridgehead atoms. The Morgan fingerprint density at radius 3 is 2.69 bits per heavy atom. The van der Waals surface area contributed by atoms with Crippen LogP contribution < -0.4 is 0 Å². The van der Waals surface area contributed by atoms with Gasteiger partial charge in [0.25, 0.3) is 0 Å². The molecule has 0 radical (unpaired) electrons. The van der Waals surface area contributed by atoms with Crippen molar-refractivity contribution in [2.24, 2.45) is 5.92 Å². The molecule has 0 aliphatic heterocycles. The topological polar surface area (TPSA) is 55.8 Å². The molecule has 0 saturated heterocycles. The fourth-order valence-electron chi connectivity index (χ4n) is 1.57. The maximum atomic E-state index is 11.3. The summed E-state index contributed by atoms with van der Waals surface area (Å²) < 4.78 is 9.34. The highest BCUT2D eigenvalue weighted by Gasteiger charge is 2.22. The first kappa shape index (κ1) is 10.9. The highest BCUT2D eigenvalue weighted by Crippen LogP contribution is 2.24. The van der Waals surface area contributed by atoms with Gasteiger partial charge in [-0.25, -0.2) is 0 Å². The SMILES string of the molecule is O=C(OCOPO)C1CCCCC1. The van der Waals surface area contributed by atoms with Crippen LogP contribution in [0.25, 0.3) is 0 Å². The molecule has 0 spiro atoms. The van der Waals surface area contributed by atoms with Crippen molar-refractivity contribution in [2.75, 3.05) is 6.79 Å². The van der Waals surface area contributed by atoms with Crippen LogP contribution in [-0.2, 0) is 14.1 Å². The van der Waals surface area contributed by atoms with Crippen molar-refractivity contribution in [3.63, 3.8) is 0 Å². The molecular weight excluding hydrogens is 191 g/mol. The molecule has 0 aromatic heterocycles. The normalized spacial score (nSPS) is 19.5. The lowest BCUT2D eigenvalue weighted by Crippen LogP contribution is -2.20. The maximum Gasteiger partial charge on any atom is 0.311 e. The second-order valence-electron chi connectivity index (χ2n) is 3.15. The summed E-state index contributed by atoms with van der Waals surface area (Å²) in [5.74, 6) is -0.127. The number of ether oxygens (including phenoxy) is 1. The zero-order chi connectivity index (χ0) is 9.52. The Bertz CT molecular complexity index is 156. The van der Waals surface area contributed by atoms with E-state index in [9.17, 15) is 4.79 Å². The van der Waals surface area contributed by atoms with E-state index in [1.54, 1.807) is 0 Å². The predicted octanol–water partition coefficient (Wildman–Crippen LogP) is 1.58. The summed E-state index contributed by atoms with van der Waals surface area (Å²) in [5, 5.41) is 0. The molecular formula is C8H15O4P. The Hall–Kier alpha value is -0.180. The molecule has 76 valence electrons. The number of esters is 1. The van der Waals surface area contributed by atoms with Gasteiger partial charge in [-0.2, -0.15) is 0 Å². The number of rotatable bonds is 4. The zero-order valence-corrected chi connectivity index (χ0v) is 8.49. The Balaban J connectivity index is 2.13. The van der Waals surface area contributed by atoms with Gasteiger partial charge in [0, 0.05) is 0 Å². The molecule has 1 rings (SSSR count). The average molecular weight is 206 g/mol. The van der Waals surface area contributed by atoms with Crippen LogP contribution in [0.1, 0.15) is 32.1 Å². The summed E-state index contributed by atoms with van der Waals surface area (Å²) >= 11 is 0. The minimum Gasteiger partial charge on any atom is -0.438 e. The van der Waals surface area contributed by atoms with Crippen LogP contribution in [0.2, 0.25) is 0 Å². The third-order valence-corrected chi connectivity index (χ3v) is 2.51. The van der Waals surface area contributed by atoms with E-state index in [0.29, 0.717) is 0 Å². The Labute approximate surface area is 79.6 Å². The standard InChI is InChI=1S/C8H15O4P/c9-8(11-6-12-13-10)7-4-2-1-3-5-7/h7,10,13H,1-6H2. The fraction of sp³-hybridized carbons (Fsp3) is 0.875. The van der Waals surface area contributed by atoms with Gasteiger partial charge in [0.1, 0.15) is 0 Å². The van der Waals surface area contributed by atoms with Crippen LogP contribution in [0.5, 0.6) is 0 Å². The molecule has 5 heteroatoms. The summed E-state index contributed by atoms with van der Waals surface area (Å²) in [6.07, 6.45) is 5.31. The summed E-state index contributed by atoms with van der Waals surface area (Å²) in [7, 11) is -0.611. The van der Waals surface area contributed by atoms with Crippen LogP contribution in [0.3, 0.4) is 0 Å². The average Bonchev–Trinajstić information content (AvgIpc) is 2.19. The Morgan fingerprint density at radius 2 is 2.08 bits per heavy atom. The van der Waals surface area contributed by atoms with Crippen molar-refractivity contribution in [1.82, 2.24) is 0 Å². The van der Waals surface area contributed by atoms with Gasteiger partial charge in [0.2, 0.25) is 0 Å². The van der Waals surface area contributed by atoms with Crippen molar-refractivity contribution in [1.29, 1.82) is 0 Å². The molecule has 1 aliphatic carbocycles. The first-order valence-corrected chi connectivity index (χ1v) is 5.37. The van der Waals surface area contributed by atoms with Crippen LogP contribution in [0.4, 0.5) is 0 Å². The van der Waals surface area contributed by atoms with E-state index < -0.39 is 9.03 Å². The van der Waals surface area contributed by atoms with Crippen molar-refractivity contribution in [3.8, 4) is 0 Å². The van der Waals surface area contributed by atoms with Crippen molar-refractivity contribution in [2.45, 2.75) is 32.1 Å². The molecule has 0 heterocycles. The third kappa shape index (κ3) is 4.03. The van der Waals surface area contributed by atoms with Crippen molar-refractivity contribution < 1.29 is 18.9 Å². The van der Waals surface area contributed by atoms with Gasteiger partial charge in [0.15, 0.2) is 15.8 Å². The zero-order valence-electron chi connectivity index (χ0n) is 7.49. The summed E-state index contributed by atoms with van der Waals surface area (Å²) in [5.41, 5.74) is 0. The van der Waals surface area contributed by atoms with E-state index in [0.717, 1.165) is 25.7 Å². The number of hydrogen-bond donors (Lipinski definition) is 1. The van der Waals surface area contributed by atoms with Crippen molar-refractivity contribution in [3.05, 3.63) is 0 Å². The van der Waals surface area contributed by atoms with E-state index in [1.165, 1.54) is 6.42 Å². The molecule has 0 amide bonds. The second-order valence-corrected chi connectivity index (χ2v) is 3.62. The molecule has 0 aromatic rings. The smallest absolute Gasteiger partial charge is 0.311 e. The summed E-state index contributed by atoms with van der Waals surface area (Å²) in [6.45, 7) is -0.121. The Kier molecular flexibility index (Phi) is 5.28. The van der Waals surface area contributed by atoms with E-state index in [-0.39, 0.29) is 18.7 Å². The molecule has 0 aromatic carbocycles. The summed E-state index contributed by atoms with van der Waals surface area (Å²) in [6, 6.07) is 0. The lowest BCUT2D eigenvalue weighted by atomic mass is 9.89. The molecule has 13 heavy (non-hydrogen) atoms. The van der Waals surface area contributed by atoms with Gasteiger partial charge in [-0.15, -0.1) is 0 Å². The monoisotopic (exact) mass is 206 g/mol. The maximum absolute atomic E-state index is 11.3. The predicted molar refractivity (Wildman–Crippen MR) is 49.2 cm³/mol. The van der Waals surface area contributed by atoms with Crippen LogP contribution in [0, 0.1) is 5.92 Å². The quantitative estimate of drug-likeness (QED) is 0.328. The fourth-order valence-corrected chi connectivity index (χ4v) is 1.68. The largest absolute Gasteiger partial charge is 0.438 e. The molecule has 1 unspecified atom stereocenters. The van der Waals surface area contributed by atoms with Crippen LogP contribution in [-0.4, -0.2) is 17.7 Å². The number of carbonyl (C=O) groups is 1. The summed E-state index contributed by atoms with van der Waals surface area (Å²) in [4.78, 5) is 19.6. The van der Waals surface area contributed by atoms with Crippen LogP contribution in [0.15, 0.2) is 0 Å². The molecule has 1 N–H and O–H groups in total. The molecule has 1 atom stereocenters. The van der Waals surface area contributed by atoms with Gasteiger partial charge in [-0.05, 0) is 12.8 Å². The van der Waals surface area contributed by atoms with Gasteiger partial charge < -0.3 is 9.63 Å². The third-order valence-electron chi connectivity index (χ3n) is 2.26. The molecule has 1 saturated carbocycles. The highest BCUT2D eigenvalue weighted by atomic mass is 31.1.